The van der Waals surface area contributed by atoms with E-state index in [0.29, 0.717) is 16.5 Å². The number of halogens is 1. The van der Waals surface area contributed by atoms with Crippen LogP contribution < -0.4 is 5.32 Å². The number of anilines is 1. The molecular formula is C17H20ClN3OS. The van der Waals surface area contributed by atoms with Crippen LogP contribution in [-0.2, 0) is 0 Å². The summed E-state index contributed by atoms with van der Waals surface area (Å²) < 4.78 is 0. The van der Waals surface area contributed by atoms with Crippen LogP contribution in [0.1, 0.15) is 12.8 Å². The highest BCUT2D eigenvalue weighted by Gasteiger charge is 2.23. The molecule has 1 fully saturated rings. The number of urea groups is 1. The van der Waals surface area contributed by atoms with E-state index in [2.05, 4.69) is 16.6 Å². The molecule has 1 N–H and O–H groups in total. The van der Waals surface area contributed by atoms with Gasteiger partial charge in [0.1, 0.15) is 0 Å². The van der Waals surface area contributed by atoms with Crippen LogP contribution >= 0.6 is 23.4 Å². The standard InChI is InChI=1S/C17H20ClN3OS/c1-23-11-12-4-3-9-21(10-12)17(22)20-15-7-6-14(18)16-13(15)5-2-8-19-16/h2,5-8,12H,3-4,9-11H2,1H3,(H,20,22). The average Bonchev–Trinajstić information content (AvgIpc) is 2.58. The van der Waals surface area contributed by atoms with Crippen molar-refractivity contribution in [1.29, 1.82) is 0 Å². The number of nitrogens with one attached hydrogen (secondary N) is 1. The zero-order chi connectivity index (χ0) is 16.2. The van der Waals surface area contributed by atoms with E-state index < -0.39 is 0 Å². The number of pyridine rings is 1. The predicted molar refractivity (Wildman–Crippen MR) is 98.5 cm³/mol. The number of benzene rings is 1. The Bertz CT molecular complexity index is 707. The van der Waals surface area contributed by atoms with Crippen LogP contribution in [0, 0.1) is 5.92 Å². The molecule has 1 aliphatic rings. The second-order valence-electron chi connectivity index (χ2n) is 5.83. The highest BCUT2D eigenvalue weighted by atomic mass is 35.5. The van der Waals surface area contributed by atoms with Crippen LogP contribution in [0.5, 0.6) is 0 Å². The van der Waals surface area contributed by atoms with Crippen LogP contribution in [0.15, 0.2) is 30.5 Å². The lowest BCUT2D eigenvalue weighted by atomic mass is 10.0. The molecule has 4 nitrogen and oxygen atoms in total. The van der Waals surface area contributed by atoms with Gasteiger partial charge in [0.05, 0.1) is 16.2 Å². The fraction of sp³-hybridized carbons (Fsp3) is 0.412. The summed E-state index contributed by atoms with van der Waals surface area (Å²) in [7, 11) is 0. The van der Waals surface area contributed by atoms with Gasteiger partial charge in [-0.2, -0.15) is 11.8 Å². The summed E-state index contributed by atoms with van der Waals surface area (Å²) in [6, 6.07) is 7.36. The largest absolute Gasteiger partial charge is 0.324 e. The lowest BCUT2D eigenvalue weighted by Gasteiger charge is -2.32. The Morgan fingerprint density at radius 2 is 2.35 bits per heavy atom. The average molecular weight is 350 g/mol. The van der Waals surface area contributed by atoms with Crippen molar-refractivity contribution >= 4 is 46.0 Å². The Labute approximate surface area is 145 Å². The normalized spacial score (nSPS) is 18.2. The number of carbonyl (C=O) groups excluding carboxylic acids is 1. The van der Waals surface area contributed by atoms with Crippen LogP contribution in [0.4, 0.5) is 10.5 Å². The highest BCUT2D eigenvalue weighted by molar-refractivity contribution is 7.98. The molecule has 2 heterocycles. The number of fused-ring (bicyclic) bond motifs is 1. The minimum atomic E-state index is -0.0386. The van der Waals surface area contributed by atoms with Crippen molar-refractivity contribution in [3.8, 4) is 0 Å². The first-order chi connectivity index (χ1) is 11.2. The van der Waals surface area contributed by atoms with Crippen molar-refractivity contribution in [2.24, 2.45) is 5.92 Å². The van der Waals surface area contributed by atoms with Crippen molar-refractivity contribution in [2.45, 2.75) is 12.8 Å². The lowest BCUT2D eigenvalue weighted by molar-refractivity contribution is 0.183. The van der Waals surface area contributed by atoms with Crippen molar-refractivity contribution in [3.05, 3.63) is 35.5 Å². The Morgan fingerprint density at radius 1 is 1.48 bits per heavy atom. The van der Waals surface area contributed by atoms with Crippen molar-refractivity contribution in [1.82, 2.24) is 9.88 Å². The molecule has 1 saturated heterocycles. The number of rotatable bonds is 3. The van der Waals surface area contributed by atoms with E-state index in [4.69, 9.17) is 11.6 Å². The van der Waals surface area contributed by atoms with Gasteiger partial charge in [-0.05, 0) is 55.0 Å². The topological polar surface area (TPSA) is 45.2 Å². The molecule has 0 radical (unpaired) electrons. The molecule has 1 atom stereocenters. The third kappa shape index (κ3) is 3.72. The van der Waals surface area contributed by atoms with Gasteiger partial charge in [-0.25, -0.2) is 4.79 Å². The minimum Gasteiger partial charge on any atom is -0.324 e. The zero-order valence-electron chi connectivity index (χ0n) is 13.1. The SMILES string of the molecule is CSCC1CCCN(C(=O)Nc2ccc(Cl)c3ncccc23)C1. The van der Waals surface area contributed by atoms with Gasteiger partial charge in [0.2, 0.25) is 0 Å². The molecule has 0 aliphatic carbocycles. The van der Waals surface area contributed by atoms with Gasteiger partial charge in [-0.15, -0.1) is 0 Å². The predicted octanol–water partition coefficient (Wildman–Crippen LogP) is 4.50. The maximum atomic E-state index is 12.6. The number of hydrogen-bond donors (Lipinski definition) is 1. The lowest BCUT2D eigenvalue weighted by Crippen LogP contribution is -2.42. The zero-order valence-corrected chi connectivity index (χ0v) is 14.7. The molecule has 1 aromatic carbocycles. The quantitative estimate of drug-likeness (QED) is 0.887. The summed E-state index contributed by atoms with van der Waals surface area (Å²) in [6.07, 6.45) is 6.10. The number of likely N-dealkylation sites (tertiary alicyclic amines) is 1. The molecule has 1 aliphatic heterocycles. The summed E-state index contributed by atoms with van der Waals surface area (Å²) >= 11 is 8.03. The fourth-order valence-electron chi connectivity index (χ4n) is 3.06. The molecule has 1 aromatic heterocycles. The summed E-state index contributed by atoms with van der Waals surface area (Å²) in [5.41, 5.74) is 1.47. The highest BCUT2D eigenvalue weighted by Crippen LogP contribution is 2.28. The number of amides is 2. The number of thioether (sulfide) groups is 1. The maximum Gasteiger partial charge on any atom is 0.321 e. The van der Waals surface area contributed by atoms with E-state index >= 15 is 0 Å². The van der Waals surface area contributed by atoms with Gasteiger partial charge in [-0.1, -0.05) is 11.6 Å². The van der Waals surface area contributed by atoms with Gasteiger partial charge in [0, 0.05) is 24.7 Å². The first-order valence-corrected chi connectivity index (χ1v) is 9.54. The van der Waals surface area contributed by atoms with Crippen LogP contribution in [-0.4, -0.2) is 41.0 Å². The van der Waals surface area contributed by atoms with E-state index in [0.717, 1.165) is 36.3 Å². The number of piperidine rings is 1. The van der Waals surface area contributed by atoms with Gasteiger partial charge in [-0.3, -0.25) is 4.98 Å². The summed E-state index contributed by atoms with van der Waals surface area (Å²) in [4.78, 5) is 18.8. The van der Waals surface area contributed by atoms with Crippen LogP contribution in [0.3, 0.4) is 0 Å². The molecule has 0 bridgehead atoms. The Kier molecular flexibility index (Phi) is 5.28. The molecule has 23 heavy (non-hydrogen) atoms. The van der Waals surface area contributed by atoms with Crippen LogP contribution in [0.2, 0.25) is 5.02 Å². The molecular weight excluding hydrogens is 330 g/mol. The van der Waals surface area contributed by atoms with Gasteiger partial charge >= 0.3 is 6.03 Å². The minimum absolute atomic E-state index is 0.0386. The maximum absolute atomic E-state index is 12.6. The van der Waals surface area contributed by atoms with E-state index in [1.165, 1.54) is 6.42 Å². The first kappa shape index (κ1) is 16.4. The van der Waals surface area contributed by atoms with E-state index in [9.17, 15) is 4.79 Å². The second-order valence-corrected chi connectivity index (χ2v) is 7.15. The fourth-order valence-corrected chi connectivity index (χ4v) is 4.02. The van der Waals surface area contributed by atoms with Crippen LogP contribution in [0.25, 0.3) is 10.9 Å². The van der Waals surface area contributed by atoms with Crippen molar-refractivity contribution < 1.29 is 4.79 Å². The number of hydrogen-bond acceptors (Lipinski definition) is 3. The molecule has 122 valence electrons. The van der Waals surface area contributed by atoms with Crippen molar-refractivity contribution in [3.63, 3.8) is 0 Å². The van der Waals surface area contributed by atoms with E-state index in [1.807, 2.05) is 34.9 Å². The molecule has 1 unspecified atom stereocenters. The first-order valence-electron chi connectivity index (χ1n) is 7.77. The molecule has 3 rings (SSSR count). The van der Waals surface area contributed by atoms with Gasteiger partial charge in [0.15, 0.2) is 0 Å². The van der Waals surface area contributed by atoms with Crippen molar-refractivity contribution in [2.75, 3.05) is 30.4 Å². The smallest absolute Gasteiger partial charge is 0.321 e. The summed E-state index contributed by atoms with van der Waals surface area (Å²) in [5, 5.41) is 4.49. The van der Waals surface area contributed by atoms with E-state index in [-0.39, 0.29) is 6.03 Å². The molecule has 2 aromatic rings. The molecule has 0 spiro atoms. The Morgan fingerprint density at radius 3 is 3.17 bits per heavy atom. The van der Waals surface area contributed by atoms with Gasteiger partial charge in [0.25, 0.3) is 0 Å². The summed E-state index contributed by atoms with van der Waals surface area (Å²) in [6.45, 7) is 1.65. The second kappa shape index (κ2) is 7.41. The third-order valence-electron chi connectivity index (χ3n) is 4.17. The number of carbonyl (C=O) groups is 1. The summed E-state index contributed by atoms with van der Waals surface area (Å²) in [5.74, 6) is 1.70. The Hall–Kier alpha value is -1.46. The number of aromatic nitrogens is 1. The van der Waals surface area contributed by atoms with Gasteiger partial charge < -0.3 is 10.2 Å². The molecule has 0 saturated carbocycles. The molecule has 2 amide bonds. The molecule has 6 heteroatoms. The monoisotopic (exact) mass is 349 g/mol. The van der Waals surface area contributed by atoms with E-state index in [1.54, 1.807) is 12.3 Å². The Balaban J connectivity index is 1.77. The number of nitrogens with zero attached hydrogens (tertiary/aromatic N) is 2. The third-order valence-corrected chi connectivity index (χ3v) is 5.28.